The molecule has 0 spiro atoms. The lowest BCUT2D eigenvalue weighted by Crippen LogP contribution is -2.30. The number of halogens is 2. The number of benzene rings is 3. The number of carbonyl (C=O) groups is 1. The van der Waals surface area contributed by atoms with Gasteiger partial charge < -0.3 is 0 Å². The number of carbonyl (C=O) groups excluding carboxylic acids is 1. The number of hydrazone groups is 1. The first-order chi connectivity index (χ1) is 14.6. The molecule has 0 saturated heterocycles. The standard InChI is InChI=1S/C24H21Cl2N3O/c25-22-10-7-18(13-23(22)26)14-27-28-24(30)20-8-5-17(6-9-20)15-29-12-11-19-3-1-2-4-21(19)16-29/h1-10,13-14H,11-12,15-16H2,(H,28,30)/b27-14+. The van der Waals surface area contributed by atoms with Crippen molar-refractivity contribution in [3.8, 4) is 0 Å². The molecule has 0 unspecified atom stereocenters. The monoisotopic (exact) mass is 437 g/mol. The number of amides is 1. The van der Waals surface area contributed by atoms with Gasteiger partial charge in [-0.05, 0) is 52.9 Å². The third-order valence-electron chi connectivity index (χ3n) is 5.16. The van der Waals surface area contributed by atoms with Crippen molar-refractivity contribution in [2.24, 2.45) is 5.10 Å². The van der Waals surface area contributed by atoms with Crippen LogP contribution in [-0.2, 0) is 19.5 Å². The molecule has 152 valence electrons. The van der Waals surface area contributed by atoms with Crippen LogP contribution in [0.25, 0.3) is 0 Å². The van der Waals surface area contributed by atoms with E-state index in [9.17, 15) is 4.79 Å². The Bertz CT molecular complexity index is 1080. The minimum Gasteiger partial charge on any atom is -0.294 e. The van der Waals surface area contributed by atoms with E-state index in [1.165, 1.54) is 22.9 Å². The Morgan fingerprint density at radius 1 is 1.00 bits per heavy atom. The molecule has 1 aliphatic heterocycles. The van der Waals surface area contributed by atoms with Gasteiger partial charge in [-0.2, -0.15) is 5.10 Å². The predicted octanol–water partition coefficient (Wildman–Crippen LogP) is 5.32. The van der Waals surface area contributed by atoms with E-state index in [0.717, 1.165) is 31.6 Å². The maximum Gasteiger partial charge on any atom is 0.271 e. The molecule has 0 bridgehead atoms. The summed E-state index contributed by atoms with van der Waals surface area (Å²) >= 11 is 11.9. The fraction of sp³-hybridized carbons (Fsp3) is 0.167. The highest BCUT2D eigenvalue weighted by atomic mass is 35.5. The van der Waals surface area contributed by atoms with Crippen LogP contribution in [0.1, 0.15) is 32.6 Å². The molecule has 0 aromatic heterocycles. The van der Waals surface area contributed by atoms with Crippen LogP contribution >= 0.6 is 23.2 Å². The normalized spacial score (nSPS) is 13.9. The fourth-order valence-corrected chi connectivity index (χ4v) is 3.84. The van der Waals surface area contributed by atoms with Crippen LogP contribution in [0.5, 0.6) is 0 Å². The summed E-state index contributed by atoms with van der Waals surface area (Å²) in [5.74, 6) is -0.259. The number of nitrogens with zero attached hydrogens (tertiary/aromatic N) is 2. The molecular weight excluding hydrogens is 417 g/mol. The smallest absolute Gasteiger partial charge is 0.271 e. The first kappa shape index (κ1) is 20.6. The second kappa shape index (κ2) is 9.43. The lowest BCUT2D eigenvalue weighted by Gasteiger charge is -2.28. The molecule has 1 heterocycles. The van der Waals surface area contributed by atoms with Crippen molar-refractivity contribution in [1.82, 2.24) is 10.3 Å². The van der Waals surface area contributed by atoms with E-state index >= 15 is 0 Å². The Morgan fingerprint density at radius 3 is 2.53 bits per heavy atom. The number of hydrogen-bond acceptors (Lipinski definition) is 3. The second-order valence-electron chi connectivity index (χ2n) is 7.30. The SMILES string of the molecule is O=C(N/N=C/c1ccc(Cl)c(Cl)c1)c1ccc(CN2CCc3ccccc3C2)cc1. The van der Waals surface area contributed by atoms with Crippen LogP contribution in [0, 0.1) is 0 Å². The summed E-state index contributed by atoms with van der Waals surface area (Å²) < 4.78 is 0. The van der Waals surface area contributed by atoms with Crippen molar-refractivity contribution < 1.29 is 4.79 Å². The van der Waals surface area contributed by atoms with Gasteiger partial charge in [0.15, 0.2) is 0 Å². The number of hydrogen-bond donors (Lipinski definition) is 1. The quantitative estimate of drug-likeness (QED) is 0.433. The van der Waals surface area contributed by atoms with Crippen molar-refractivity contribution in [1.29, 1.82) is 0 Å². The van der Waals surface area contributed by atoms with Crippen molar-refractivity contribution in [3.05, 3.63) is 105 Å². The summed E-state index contributed by atoms with van der Waals surface area (Å²) in [6, 6.07) is 21.4. The molecule has 0 saturated carbocycles. The summed E-state index contributed by atoms with van der Waals surface area (Å²) in [6.45, 7) is 2.87. The van der Waals surface area contributed by atoms with Crippen LogP contribution in [-0.4, -0.2) is 23.6 Å². The molecule has 0 fully saturated rings. The molecule has 1 N–H and O–H groups in total. The molecule has 4 nitrogen and oxygen atoms in total. The van der Waals surface area contributed by atoms with E-state index in [-0.39, 0.29) is 5.91 Å². The van der Waals surface area contributed by atoms with Gasteiger partial charge in [0, 0.05) is 25.2 Å². The molecule has 4 rings (SSSR count). The molecule has 30 heavy (non-hydrogen) atoms. The Hall–Kier alpha value is -2.66. The van der Waals surface area contributed by atoms with Gasteiger partial charge in [-0.15, -0.1) is 0 Å². The molecule has 6 heteroatoms. The Morgan fingerprint density at radius 2 is 1.77 bits per heavy atom. The Labute approximate surface area is 186 Å². The first-order valence-corrected chi connectivity index (χ1v) is 10.5. The van der Waals surface area contributed by atoms with Crippen LogP contribution in [0.3, 0.4) is 0 Å². The van der Waals surface area contributed by atoms with Gasteiger partial charge in [-0.3, -0.25) is 9.69 Å². The highest BCUT2D eigenvalue weighted by Gasteiger charge is 2.15. The van der Waals surface area contributed by atoms with Gasteiger partial charge in [-0.25, -0.2) is 5.43 Å². The van der Waals surface area contributed by atoms with E-state index in [0.29, 0.717) is 15.6 Å². The first-order valence-electron chi connectivity index (χ1n) is 9.75. The second-order valence-corrected chi connectivity index (χ2v) is 8.11. The summed E-state index contributed by atoms with van der Waals surface area (Å²) in [6.07, 6.45) is 2.61. The van der Waals surface area contributed by atoms with E-state index in [2.05, 4.69) is 39.7 Å². The van der Waals surface area contributed by atoms with Crippen LogP contribution in [0.2, 0.25) is 10.0 Å². The molecular formula is C24H21Cl2N3O. The Balaban J connectivity index is 1.32. The van der Waals surface area contributed by atoms with Crippen molar-refractivity contribution >= 4 is 35.3 Å². The van der Waals surface area contributed by atoms with Gasteiger partial charge in [0.05, 0.1) is 16.3 Å². The van der Waals surface area contributed by atoms with E-state index in [1.807, 2.05) is 24.3 Å². The average molecular weight is 438 g/mol. The van der Waals surface area contributed by atoms with E-state index in [1.54, 1.807) is 18.2 Å². The largest absolute Gasteiger partial charge is 0.294 e. The van der Waals surface area contributed by atoms with Crippen LogP contribution in [0.15, 0.2) is 71.8 Å². The number of fused-ring (bicyclic) bond motifs is 1. The summed E-state index contributed by atoms with van der Waals surface area (Å²) in [7, 11) is 0. The molecule has 1 aliphatic rings. The van der Waals surface area contributed by atoms with E-state index in [4.69, 9.17) is 23.2 Å². The van der Waals surface area contributed by atoms with Gasteiger partial charge in [0.2, 0.25) is 0 Å². The van der Waals surface area contributed by atoms with Gasteiger partial charge in [0.1, 0.15) is 0 Å². The number of rotatable bonds is 5. The van der Waals surface area contributed by atoms with Crippen LogP contribution < -0.4 is 5.43 Å². The maximum absolute atomic E-state index is 12.3. The van der Waals surface area contributed by atoms with Crippen molar-refractivity contribution in [3.63, 3.8) is 0 Å². The maximum atomic E-state index is 12.3. The predicted molar refractivity (Wildman–Crippen MR) is 122 cm³/mol. The lowest BCUT2D eigenvalue weighted by molar-refractivity contribution is 0.0955. The Kier molecular flexibility index (Phi) is 6.48. The van der Waals surface area contributed by atoms with Crippen molar-refractivity contribution in [2.45, 2.75) is 19.5 Å². The fourth-order valence-electron chi connectivity index (χ4n) is 3.53. The third-order valence-corrected chi connectivity index (χ3v) is 5.89. The third kappa shape index (κ3) is 5.08. The zero-order valence-electron chi connectivity index (χ0n) is 16.3. The van der Waals surface area contributed by atoms with E-state index < -0.39 is 0 Å². The molecule has 1 amide bonds. The molecule has 0 atom stereocenters. The molecule has 0 aliphatic carbocycles. The highest BCUT2D eigenvalue weighted by molar-refractivity contribution is 6.42. The average Bonchev–Trinajstić information content (AvgIpc) is 2.76. The van der Waals surface area contributed by atoms with Gasteiger partial charge in [0.25, 0.3) is 5.91 Å². The van der Waals surface area contributed by atoms with Crippen LogP contribution in [0.4, 0.5) is 0 Å². The zero-order chi connectivity index (χ0) is 20.9. The highest BCUT2D eigenvalue weighted by Crippen LogP contribution is 2.22. The van der Waals surface area contributed by atoms with Gasteiger partial charge >= 0.3 is 0 Å². The topological polar surface area (TPSA) is 44.7 Å². The number of nitrogens with one attached hydrogen (secondary N) is 1. The summed E-state index contributed by atoms with van der Waals surface area (Å²) in [5, 5.41) is 4.91. The molecule has 0 radical (unpaired) electrons. The molecule has 3 aromatic carbocycles. The summed E-state index contributed by atoms with van der Waals surface area (Å²) in [4.78, 5) is 14.7. The minimum atomic E-state index is -0.259. The minimum absolute atomic E-state index is 0.259. The van der Waals surface area contributed by atoms with Crippen molar-refractivity contribution in [2.75, 3.05) is 6.54 Å². The lowest BCUT2D eigenvalue weighted by atomic mass is 9.99. The van der Waals surface area contributed by atoms with Gasteiger partial charge in [-0.1, -0.05) is 65.7 Å². The molecule has 3 aromatic rings. The zero-order valence-corrected chi connectivity index (χ0v) is 17.8. The summed E-state index contributed by atoms with van der Waals surface area (Å²) in [5.41, 5.74) is 7.89.